The van der Waals surface area contributed by atoms with Crippen LogP contribution < -0.4 is 9.47 Å². The van der Waals surface area contributed by atoms with Crippen LogP contribution in [0.5, 0.6) is 11.5 Å². The van der Waals surface area contributed by atoms with Crippen molar-refractivity contribution in [2.75, 3.05) is 14.2 Å². The van der Waals surface area contributed by atoms with Gasteiger partial charge in [-0.15, -0.1) is 0 Å². The molecule has 1 aliphatic rings. The summed E-state index contributed by atoms with van der Waals surface area (Å²) in [6, 6.07) is 3.61. The molecule has 0 atom stereocenters. The molecule has 0 aliphatic heterocycles. The number of hydrogen-bond donors (Lipinski definition) is 0. The topological polar surface area (TPSA) is 47.9 Å². The molecule has 0 radical (unpaired) electrons. The van der Waals surface area contributed by atoms with Gasteiger partial charge in [0.25, 0.3) is 0 Å². The van der Waals surface area contributed by atoms with Gasteiger partial charge < -0.3 is 9.47 Å². The molecule has 0 spiro atoms. The van der Waals surface area contributed by atoms with Crippen molar-refractivity contribution in [3.63, 3.8) is 0 Å². The molecular weight excluding hydrogens is 266 g/mol. The fourth-order valence-electron chi connectivity index (χ4n) is 2.79. The molecule has 0 amide bonds. The number of carbonyl (C=O) groups excluding carboxylic acids is 1. The lowest BCUT2D eigenvalue weighted by Crippen LogP contribution is -2.20. The first-order valence-electron chi connectivity index (χ1n) is 6.18. The van der Waals surface area contributed by atoms with Gasteiger partial charge in [0.05, 0.1) is 19.2 Å². The normalized spacial score (nSPS) is 16.8. The Morgan fingerprint density at radius 3 is 2.37 bits per heavy atom. The van der Waals surface area contributed by atoms with E-state index in [-0.39, 0.29) is 0 Å². The number of aliphatic imine (C=N–C) groups is 1. The Bertz CT molecular complexity index is 518. The summed E-state index contributed by atoms with van der Waals surface area (Å²) in [7, 11) is 3.10. The molecule has 1 saturated carbocycles. The molecule has 1 aliphatic carbocycles. The van der Waals surface area contributed by atoms with Gasteiger partial charge >= 0.3 is 0 Å². The minimum Gasteiger partial charge on any atom is -0.492 e. The van der Waals surface area contributed by atoms with Crippen molar-refractivity contribution < 1.29 is 14.3 Å². The molecule has 19 heavy (non-hydrogen) atoms. The van der Waals surface area contributed by atoms with Crippen LogP contribution in [0, 0.1) is 0 Å². The van der Waals surface area contributed by atoms with E-state index in [2.05, 4.69) is 4.99 Å². The van der Waals surface area contributed by atoms with Crippen LogP contribution in [0.4, 0.5) is 0 Å². The lowest BCUT2D eigenvalue weighted by Gasteiger charge is -2.26. The Labute approximate surface area is 117 Å². The van der Waals surface area contributed by atoms with Crippen LogP contribution in [-0.4, -0.2) is 20.3 Å². The van der Waals surface area contributed by atoms with Gasteiger partial charge in [-0.3, -0.25) is 0 Å². The summed E-state index contributed by atoms with van der Waals surface area (Å²) in [5.74, 6) is 1.03. The highest BCUT2D eigenvalue weighted by Gasteiger charge is 2.39. The van der Waals surface area contributed by atoms with Gasteiger partial charge in [0.1, 0.15) is 5.54 Å². The third kappa shape index (κ3) is 2.34. The molecule has 1 fully saturated rings. The Hall–Kier alpha value is -1.51. The summed E-state index contributed by atoms with van der Waals surface area (Å²) >= 11 is 6.10. The van der Waals surface area contributed by atoms with Crippen LogP contribution in [0.1, 0.15) is 31.2 Å². The van der Waals surface area contributed by atoms with Crippen LogP contribution in [0.2, 0.25) is 5.02 Å². The highest BCUT2D eigenvalue weighted by molar-refractivity contribution is 6.32. The van der Waals surface area contributed by atoms with Gasteiger partial charge in [0.15, 0.2) is 11.5 Å². The zero-order chi connectivity index (χ0) is 13.9. The van der Waals surface area contributed by atoms with Crippen molar-refractivity contribution in [1.29, 1.82) is 0 Å². The molecule has 0 aromatic heterocycles. The van der Waals surface area contributed by atoms with E-state index in [1.165, 1.54) is 7.11 Å². The smallest absolute Gasteiger partial charge is 0.235 e. The Morgan fingerprint density at radius 2 is 1.84 bits per heavy atom. The van der Waals surface area contributed by atoms with E-state index in [1.807, 2.05) is 6.07 Å². The minimum atomic E-state index is -0.551. The lowest BCUT2D eigenvalue weighted by molar-refractivity contribution is 0.337. The second-order valence-electron chi connectivity index (χ2n) is 4.60. The fraction of sp³-hybridized carbons (Fsp3) is 0.500. The maximum Gasteiger partial charge on any atom is 0.235 e. The number of benzene rings is 1. The Balaban J connectivity index is 2.63. The van der Waals surface area contributed by atoms with Crippen LogP contribution in [0.25, 0.3) is 0 Å². The van der Waals surface area contributed by atoms with E-state index >= 15 is 0 Å². The van der Waals surface area contributed by atoms with Gasteiger partial charge in [-0.1, -0.05) is 30.5 Å². The number of ether oxygens (including phenoxy) is 2. The average Bonchev–Trinajstić information content (AvgIpc) is 2.88. The zero-order valence-electron chi connectivity index (χ0n) is 11.0. The molecule has 0 N–H and O–H groups in total. The van der Waals surface area contributed by atoms with Crippen LogP contribution >= 0.6 is 11.6 Å². The third-order valence-electron chi connectivity index (χ3n) is 3.66. The lowest BCUT2D eigenvalue weighted by atomic mass is 9.88. The number of rotatable bonds is 4. The molecule has 2 rings (SSSR count). The first-order valence-corrected chi connectivity index (χ1v) is 6.56. The molecular formula is C14H16ClNO3. The highest BCUT2D eigenvalue weighted by atomic mass is 35.5. The molecule has 5 heteroatoms. The van der Waals surface area contributed by atoms with Crippen LogP contribution in [0.15, 0.2) is 17.1 Å². The van der Waals surface area contributed by atoms with E-state index in [4.69, 9.17) is 21.1 Å². The minimum absolute atomic E-state index is 0.478. The van der Waals surface area contributed by atoms with E-state index < -0.39 is 5.54 Å². The maximum atomic E-state index is 10.8. The zero-order valence-corrected chi connectivity index (χ0v) is 11.8. The van der Waals surface area contributed by atoms with Gasteiger partial charge in [0, 0.05) is 5.56 Å². The second kappa shape index (κ2) is 5.64. The second-order valence-corrected chi connectivity index (χ2v) is 5.01. The van der Waals surface area contributed by atoms with E-state index in [0.717, 1.165) is 31.2 Å². The third-order valence-corrected chi connectivity index (χ3v) is 3.96. The molecule has 1 aromatic rings. The fourth-order valence-corrected chi connectivity index (χ4v) is 3.01. The van der Waals surface area contributed by atoms with Crippen LogP contribution in [0.3, 0.4) is 0 Å². The summed E-state index contributed by atoms with van der Waals surface area (Å²) in [5, 5.41) is 0.478. The Kier molecular flexibility index (Phi) is 4.13. The summed E-state index contributed by atoms with van der Waals surface area (Å²) in [5.41, 5.74) is 0.294. The molecule has 1 aromatic carbocycles. The largest absolute Gasteiger partial charge is 0.492 e. The van der Waals surface area contributed by atoms with E-state index in [0.29, 0.717) is 16.5 Å². The van der Waals surface area contributed by atoms with Gasteiger partial charge in [-0.2, -0.15) is 4.99 Å². The quantitative estimate of drug-likeness (QED) is 0.627. The van der Waals surface area contributed by atoms with Gasteiger partial charge in [-0.05, 0) is 18.9 Å². The molecule has 0 heterocycles. The standard InChI is InChI=1S/C14H16ClNO3/c1-18-12-10(5-6-11(15)13(12)19-2)14(16-9-17)7-3-4-8-14/h5-6H,3-4,7-8H2,1-2H3. The molecule has 4 nitrogen and oxygen atoms in total. The van der Waals surface area contributed by atoms with Crippen molar-refractivity contribution in [2.24, 2.45) is 4.99 Å². The van der Waals surface area contributed by atoms with Crippen molar-refractivity contribution in [2.45, 2.75) is 31.2 Å². The average molecular weight is 282 g/mol. The van der Waals surface area contributed by atoms with E-state index in [9.17, 15) is 4.79 Å². The molecule has 0 saturated heterocycles. The summed E-state index contributed by atoms with van der Waals surface area (Å²) in [6.07, 6.45) is 5.37. The van der Waals surface area contributed by atoms with Crippen molar-refractivity contribution in [3.8, 4) is 11.5 Å². The SMILES string of the molecule is COc1c(Cl)ccc(C2(N=C=O)CCCC2)c1OC. The highest BCUT2D eigenvalue weighted by Crippen LogP contribution is 2.49. The number of hydrogen-bond acceptors (Lipinski definition) is 4. The maximum absolute atomic E-state index is 10.8. The Morgan fingerprint density at radius 1 is 1.21 bits per heavy atom. The number of isocyanates is 1. The predicted molar refractivity (Wildman–Crippen MR) is 72.8 cm³/mol. The summed E-state index contributed by atoms with van der Waals surface area (Å²) in [6.45, 7) is 0. The van der Waals surface area contributed by atoms with Crippen molar-refractivity contribution in [1.82, 2.24) is 0 Å². The number of halogens is 1. The summed E-state index contributed by atoms with van der Waals surface area (Å²) in [4.78, 5) is 14.8. The molecule has 102 valence electrons. The van der Waals surface area contributed by atoms with Gasteiger partial charge in [0.2, 0.25) is 6.08 Å². The van der Waals surface area contributed by atoms with Gasteiger partial charge in [-0.25, -0.2) is 4.79 Å². The number of methoxy groups -OCH3 is 2. The first-order chi connectivity index (χ1) is 9.18. The molecule has 0 unspecified atom stereocenters. The predicted octanol–water partition coefficient (Wildman–Crippen LogP) is 3.46. The molecule has 0 bridgehead atoms. The van der Waals surface area contributed by atoms with Crippen molar-refractivity contribution in [3.05, 3.63) is 22.7 Å². The van der Waals surface area contributed by atoms with E-state index in [1.54, 1.807) is 19.3 Å². The summed E-state index contributed by atoms with van der Waals surface area (Å²) < 4.78 is 10.7. The number of nitrogens with zero attached hydrogens (tertiary/aromatic N) is 1. The monoisotopic (exact) mass is 281 g/mol. The van der Waals surface area contributed by atoms with Crippen LogP contribution in [-0.2, 0) is 10.3 Å². The first kappa shape index (κ1) is 13.9. The van der Waals surface area contributed by atoms with Crippen molar-refractivity contribution >= 4 is 17.7 Å².